The van der Waals surface area contributed by atoms with E-state index in [1.54, 1.807) is 0 Å². The molecule has 4 rings (SSSR count). The number of carboxylic acid groups (broad SMARTS) is 1. The molecule has 2 saturated heterocycles. The molecule has 4 aliphatic rings. The molecule has 4 nitrogen and oxygen atoms in total. The van der Waals surface area contributed by atoms with Gasteiger partial charge in [0, 0.05) is 5.41 Å². The molecule has 0 aromatic carbocycles. The highest BCUT2D eigenvalue weighted by molar-refractivity contribution is 5.76. The molecule has 0 amide bonds. The van der Waals surface area contributed by atoms with Crippen LogP contribution < -0.4 is 0 Å². The van der Waals surface area contributed by atoms with Crippen LogP contribution in [0.15, 0.2) is 0 Å². The van der Waals surface area contributed by atoms with E-state index >= 15 is 0 Å². The van der Waals surface area contributed by atoms with Crippen LogP contribution in [-0.4, -0.2) is 35.5 Å². The van der Waals surface area contributed by atoms with Crippen molar-refractivity contribution < 1.29 is 19.4 Å². The van der Waals surface area contributed by atoms with Gasteiger partial charge in [-0.1, -0.05) is 6.92 Å². The van der Waals surface area contributed by atoms with E-state index in [1.165, 1.54) is 6.42 Å². The molecule has 0 aromatic rings. The minimum Gasteiger partial charge on any atom is -0.481 e. The summed E-state index contributed by atoms with van der Waals surface area (Å²) < 4.78 is 11.4. The fraction of sp³-hybridized carbons (Fsp3) is 0.938. The Morgan fingerprint density at radius 2 is 1.95 bits per heavy atom. The maximum Gasteiger partial charge on any atom is 0.310 e. The molecule has 7 unspecified atom stereocenters. The molecule has 4 heteroatoms. The second-order valence-corrected chi connectivity index (χ2v) is 7.78. The molecule has 0 aromatic heterocycles. The molecule has 112 valence electrons. The number of epoxide rings is 2. The number of ether oxygens (including phenoxy) is 2. The minimum absolute atomic E-state index is 0.162. The lowest BCUT2D eigenvalue weighted by molar-refractivity contribution is -0.161. The third-order valence-corrected chi connectivity index (χ3v) is 6.70. The maximum atomic E-state index is 11.9. The van der Waals surface area contributed by atoms with Crippen LogP contribution in [0, 0.1) is 16.7 Å². The maximum absolute atomic E-state index is 11.9. The lowest BCUT2D eigenvalue weighted by Gasteiger charge is -2.47. The average molecular weight is 280 g/mol. The molecule has 0 bridgehead atoms. The highest BCUT2D eigenvalue weighted by Gasteiger charge is 2.66. The van der Waals surface area contributed by atoms with Crippen molar-refractivity contribution in [3.8, 4) is 0 Å². The third-order valence-electron chi connectivity index (χ3n) is 6.70. The Hall–Kier alpha value is -0.610. The van der Waals surface area contributed by atoms with Crippen LogP contribution in [0.1, 0.15) is 52.4 Å². The zero-order valence-electron chi connectivity index (χ0n) is 12.3. The summed E-state index contributed by atoms with van der Waals surface area (Å²) in [4.78, 5) is 11.9. The zero-order valence-corrected chi connectivity index (χ0v) is 12.3. The molecule has 2 heterocycles. The first-order valence-electron chi connectivity index (χ1n) is 7.98. The van der Waals surface area contributed by atoms with Crippen LogP contribution in [0.25, 0.3) is 0 Å². The Bertz CT molecular complexity index is 450. The summed E-state index contributed by atoms with van der Waals surface area (Å²) in [5.41, 5.74) is -0.875. The number of carbonyl (C=O) groups is 1. The van der Waals surface area contributed by atoms with Gasteiger partial charge in [0.1, 0.15) is 0 Å². The van der Waals surface area contributed by atoms with Gasteiger partial charge < -0.3 is 14.6 Å². The molecule has 4 fully saturated rings. The van der Waals surface area contributed by atoms with Gasteiger partial charge in [0.2, 0.25) is 0 Å². The molecule has 20 heavy (non-hydrogen) atoms. The molecule has 0 spiro atoms. The van der Waals surface area contributed by atoms with Gasteiger partial charge in [0.15, 0.2) is 0 Å². The number of aliphatic carboxylic acids is 1. The summed E-state index contributed by atoms with van der Waals surface area (Å²) in [6.45, 7) is 4.09. The van der Waals surface area contributed by atoms with E-state index in [2.05, 4.69) is 6.92 Å². The van der Waals surface area contributed by atoms with Crippen LogP contribution >= 0.6 is 0 Å². The van der Waals surface area contributed by atoms with Crippen molar-refractivity contribution in [2.45, 2.75) is 76.8 Å². The second kappa shape index (κ2) is 3.98. The average Bonchev–Trinajstić information content (AvgIpc) is 3.26. The van der Waals surface area contributed by atoms with Crippen LogP contribution in [0.5, 0.6) is 0 Å². The van der Waals surface area contributed by atoms with Crippen molar-refractivity contribution >= 4 is 5.97 Å². The highest BCUT2D eigenvalue weighted by atomic mass is 16.6. The molecular weight excluding hydrogens is 256 g/mol. The van der Waals surface area contributed by atoms with Crippen molar-refractivity contribution in [3.05, 3.63) is 0 Å². The summed E-state index contributed by atoms with van der Waals surface area (Å²) in [6.07, 6.45) is 7.55. The van der Waals surface area contributed by atoms with Gasteiger partial charge in [0.05, 0.1) is 29.8 Å². The van der Waals surface area contributed by atoms with E-state index in [0.29, 0.717) is 24.2 Å². The van der Waals surface area contributed by atoms with E-state index in [-0.39, 0.29) is 11.5 Å². The van der Waals surface area contributed by atoms with Gasteiger partial charge >= 0.3 is 5.97 Å². The van der Waals surface area contributed by atoms with E-state index < -0.39 is 11.4 Å². The predicted molar refractivity (Wildman–Crippen MR) is 72.4 cm³/mol. The molecular formula is C16H24O4. The first-order chi connectivity index (χ1) is 9.44. The van der Waals surface area contributed by atoms with Gasteiger partial charge in [-0.2, -0.15) is 0 Å². The number of hydrogen-bond donors (Lipinski definition) is 1. The number of carboxylic acids is 1. The fourth-order valence-corrected chi connectivity index (χ4v) is 4.92. The highest BCUT2D eigenvalue weighted by Crippen LogP contribution is 2.62. The van der Waals surface area contributed by atoms with Crippen LogP contribution in [0.2, 0.25) is 0 Å². The SMILES string of the molecule is CC1(C(=O)O)CCC2OC2C1(C)CC1CCC2OC2C1. The van der Waals surface area contributed by atoms with Crippen LogP contribution in [0.3, 0.4) is 0 Å². The van der Waals surface area contributed by atoms with Crippen molar-refractivity contribution in [2.75, 3.05) is 0 Å². The van der Waals surface area contributed by atoms with Gasteiger partial charge in [-0.25, -0.2) is 0 Å². The quantitative estimate of drug-likeness (QED) is 0.807. The predicted octanol–water partition coefficient (Wildman–Crippen LogP) is 2.60. The zero-order chi connectivity index (χ0) is 14.1. The van der Waals surface area contributed by atoms with E-state index in [1.807, 2.05) is 6.92 Å². The monoisotopic (exact) mass is 280 g/mol. The Kier molecular flexibility index (Phi) is 2.60. The fourth-order valence-electron chi connectivity index (χ4n) is 4.92. The van der Waals surface area contributed by atoms with E-state index in [0.717, 1.165) is 32.1 Å². The Balaban J connectivity index is 1.56. The standard InChI is InChI=1S/C16H24O4/c1-15(14(17)18)6-5-11-13(20-11)16(15,2)8-9-3-4-10-12(7-9)19-10/h9-13H,3-8H2,1-2H3,(H,17,18). The second-order valence-electron chi connectivity index (χ2n) is 7.78. The lowest BCUT2D eigenvalue weighted by Crippen LogP contribution is -2.51. The van der Waals surface area contributed by atoms with Crippen molar-refractivity contribution in [3.63, 3.8) is 0 Å². The molecule has 1 N–H and O–H groups in total. The van der Waals surface area contributed by atoms with Gasteiger partial charge in [-0.05, 0) is 51.4 Å². The van der Waals surface area contributed by atoms with Crippen molar-refractivity contribution in [1.29, 1.82) is 0 Å². The largest absolute Gasteiger partial charge is 0.481 e. The topological polar surface area (TPSA) is 62.4 Å². The summed E-state index contributed by atoms with van der Waals surface area (Å²) in [7, 11) is 0. The summed E-state index contributed by atoms with van der Waals surface area (Å²) in [5.74, 6) is -0.0457. The first-order valence-corrected chi connectivity index (χ1v) is 7.98. The molecule has 2 aliphatic carbocycles. The Morgan fingerprint density at radius 3 is 2.65 bits per heavy atom. The number of fused-ring (bicyclic) bond motifs is 2. The summed E-state index contributed by atoms with van der Waals surface area (Å²) in [5, 5.41) is 9.78. The van der Waals surface area contributed by atoms with Crippen LogP contribution in [0.4, 0.5) is 0 Å². The first kappa shape index (κ1) is 13.1. The van der Waals surface area contributed by atoms with E-state index in [9.17, 15) is 9.90 Å². The molecule has 2 saturated carbocycles. The van der Waals surface area contributed by atoms with Crippen LogP contribution in [-0.2, 0) is 14.3 Å². The smallest absolute Gasteiger partial charge is 0.310 e. The molecule has 7 atom stereocenters. The number of rotatable bonds is 3. The molecule has 2 aliphatic heterocycles. The lowest BCUT2D eigenvalue weighted by atomic mass is 9.54. The van der Waals surface area contributed by atoms with Crippen molar-refractivity contribution in [2.24, 2.45) is 16.7 Å². The molecule has 0 radical (unpaired) electrons. The van der Waals surface area contributed by atoms with Crippen molar-refractivity contribution in [1.82, 2.24) is 0 Å². The Labute approximate surface area is 119 Å². The van der Waals surface area contributed by atoms with Gasteiger partial charge in [0.25, 0.3) is 0 Å². The summed E-state index contributed by atoms with van der Waals surface area (Å²) in [6, 6.07) is 0. The minimum atomic E-state index is -0.648. The third kappa shape index (κ3) is 1.70. The normalized spacial score (nSPS) is 56.6. The van der Waals surface area contributed by atoms with Gasteiger partial charge in [-0.15, -0.1) is 0 Å². The number of hydrogen-bond acceptors (Lipinski definition) is 3. The van der Waals surface area contributed by atoms with E-state index in [4.69, 9.17) is 9.47 Å². The summed E-state index contributed by atoms with van der Waals surface area (Å²) >= 11 is 0. The Morgan fingerprint density at radius 1 is 1.15 bits per heavy atom. The van der Waals surface area contributed by atoms with Gasteiger partial charge in [-0.3, -0.25) is 4.79 Å².